The first-order valence-corrected chi connectivity index (χ1v) is 7.49. The Labute approximate surface area is 130 Å². The third-order valence-electron chi connectivity index (χ3n) is 2.87. The number of rotatable bonds is 9. The number of ether oxygens (including phenoxy) is 2. The Balaban J connectivity index is 1.46. The van der Waals surface area contributed by atoms with Crippen LogP contribution >= 0.6 is 11.6 Å². The van der Waals surface area contributed by atoms with E-state index < -0.39 is 0 Å². The topological polar surface area (TPSA) is 30.5 Å². The molecule has 0 fully saturated rings. The molecule has 112 valence electrons. The number of benzene rings is 2. The molecular formula is C17H20ClNO2. The predicted octanol–water partition coefficient (Wildman–Crippen LogP) is 3.78. The number of halogens is 1. The predicted molar refractivity (Wildman–Crippen MR) is 86.4 cm³/mol. The lowest BCUT2D eigenvalue weighted by Gasteiger charge is -2.08. The summed E-state index contributed by atoms with van der Waals surface area (Å²) >= 11 is 5.81. The van der Waals surface area contributed by atoms with Gasteiger partial charge in [-0.3, -0.25) is 0 Å². The van der Waals surface area contributed by atoms with Crippen LogP contribution < -0.4 is 14.8 Å². The van der Waals surface area contributed by atoms with Gasteiger partial charge in [-0.15, -0.1) is 0 Å². The molecule has 0 aliphatic heterocycles. The van der Waals surface area contributed by atoms with Crippen molar-refractivity contribution in [2.24, 2.45) is 0 Å². The molecule has 0 spiro atoms. The van der Waals surface area contributed by atoms with Gasteiger partial charge in [-0.05, 0) is 49.4 Å². The maximum atomic E-state index is 5.81. The highest BCUT2D eigenvalue weighted by Gasteiger charge is 1.95. The molecule has 2 aromatic carbocycles. The molecule has 21 heavy (non-hydrogen) atoms. The summed E-state index contributed by atoms with van der Waals surface area (Å²) in [6.45, 7) is 3.08. The molecule has 2 aromatic rings. The standard InChI is InChI=1S/C17H20ClNO2/c18-15-7-9-17(10-8-15)21-14-12-19-11-4-13-20-16-5-2-1-3-6-16/h1-3,5-10,19H,4,11-14H2. The highest BCUT2D eigenvalue weighted by atomic mass is 35.5. The molecule has 0 aromatic heterocycles. The van der Waals surface area contributed by atoms with E-state index in [1.165, 1.54) is 0 Å². The lowest BCUT2D eigenvalue weighted by molar-refractivity contribution is 0.294. The minimum absolute atomic E-state index is 0.640. The van der Waals surface area contributed by atoms with Crippen molar-refractivity contribution in [2.75, 3.05) is 26.3 Å². The molecule has 0 saturated heterocycles. The van der Waals surface area contributed by atoms with Gasteiger partial charge in [0.05, 0.1) is 6.61 Å². The van der Waals surface area contributed by atoms with E-state index in [-0.39, 0.29) is 0 Å². The molecule has 2 rings (SSSR count). The molecule has 0 aliphatic carbocycles. The van der Waals surface area contributed by atoms with Crippen LogP contribution in [0.4, 0.5) is 0 Å². The summed E-state index contributed by atoms with van der Waals surface area (Å²) in [5, 5.41) is 4.04. The van der Waals surface area contributed by atoms with Gasteiger partial charge >= 0.3 is 0 Å². The van der Waals surface area contributed by atoms with Crippen LogP contribution in [0.3, 0.4) is 0 Å². The smallest absolute Gasteiger partial charge is 0.119 e. The fourth-order valence-electron chi connectivity index (χ4n) is 1.80. The van der Waals surface area contributed by atoms with Crippen molar-refractivity contribution in [1.82, 2.24) is 5.32 Å². The second kappa shape index (κ2) is 9.27. The Kier molecular flexibility index (Phi) is 6.92. The Morgan fingerprint density at radius 1 is 0.762 bits per heavy atom. The van der Waals surface area contributed by atoms with E-state index in [4.69, 9.17) is 21.1 Å². The molecule has 0 amide bonds. The van der Waals surface area contributed by atoms with Gasteiger partial charge in [-0.2, -0.15) is 0 Å². The molecule has 0 saturated carbocycles. The zero-order valence-electron chi connectivity index (χ0n) is 11.9. The van der Waals surface area contributed by atoms with Gasteiger partial charge in [0, 0.05) is 11.6 Å². The second-order valence-corrected chi connectivity index (χ2v) is 5.00. The Bertz CT molecular complexity index is 502. The summed E-state index contributed by atoms with van der Waals surface area (Å²) in [6.07, 6.45) is 0.968. The monoisotopic (exact) mass is 305 g/mol. The molecule has 0 heterocycles. The molecule has 4 heteroatoms. The molecule has 0 atom stereocenters. The summed E-state index contributed by atoms with van der Waals surface area (Å²) in [5.41, 5.74) is 0. The van der Waals surface area contributed by atoms with E-state index >= 15 is 0 Å². The van der Waals surface area contributed by atoms with Gasteiger partial charge in [0.25, 0.3) is 0 Å². The Morgan fingerprint density at radius 3 is 2.19 bits per heavy atom. The quantitative estimate of drug-likeness (QED) is 0.715. The van der Waals surface area contributed by atoms with Crippen LogP contribution in [0, 0.1) is 0 Å². The minimum atomic E-state index is 0.640. The van der Waals surface area contributed by atoms with E-state index in [1.807, 2.05) is 54.6 Å². The summed E-state index contributed by atoms with van der Waals surface area (Å²) in [4.78, 5) is 0. The number of hydrogen-bond donors (Lipinski definition) is 1. The van der Waals surface area contributed by atoms with Gasteiger partial charge in [0.2, 0.25) is 0 Å². The van der Waals surface area contributed by atoms with Crippen molar-refractivity contribution >= 4 is 11.6 Å². The summed E-state index contributed by atoms with van der Waals surface area (Å²) in [7, 11) is 0. The molecule has 0 radical (unpaired) electrons. The zero-order valence-corrected chi connectivity index (χ0v) is 12.7. The lowest BCUT2D eigenvalue weighted by Crippen LogP contribution is -2.23. The van der Waals surface area contributed by atoms with Crippen LogP contribution in [0.25, 0.3) is 0 Å². The molecule has 0 aliphatic rings. The number of para-hydroxylation sites is 1. The van der Waals surface area contributed by atoms with E-state index in [0.717, 1.165) is 42.6 Å². The SMILES string of the molecule is Clc1ccc(OCCNCCCOc2ccccc2)cc1. The molecule has 0 bridgehead atoms. The largest absolute Gasteiger partial charge is 0.494 e. The summed E-state index contributed by atoms with van der Waals surface area (Å²) in [6, 6.07) is 17.3. The Morgan fingerprint density at radius 2 is 1.43 bits per heavy atom. The van der Waals surface area contributed by atoms with E-state index in [2.05, 4.69) is 5.32 Å². The molecule has 0 unspecified atom stereocenters. The first-order chi connectivity index (χ1) is 10.3. The van der Waals surface area contributed by atoms with Crippen LogP contribution in [0.15, 0.2) is 54.6 Å². The number of nitrogens with one attached hydrogen (secondary N) is 1. The maximum Gasteiger partial charge on any atom is 0.119 e. The van der Waals surface area contributed by atoms with Crippen molar-refractivity contribution in [3.63, 3.8) is 0 Å². The van der Waals surface area contributed by atoms with Crippen molar-refractivity contribution < 1.29 is 9.47 Å². The van der Waals surface area contributed by atoms with Crippen LogP contribution in [0.5, 0.6) is 11.5 Å². The van der Waals surface area contributed by atoms with Gasteiger partial charge in [-0.25, -0.2) is 0 Å². The van der Waals surface area contributed by atoms with Crippen molar-refractivity contribution in [3.05, 3.63) is 59.6 Å². The van der Waals surface area contributed by atoms with Crippen LogP contribution in [0.1, 0.15) is 6.42 Å². The first kappa shape index (κ1) is 15.7. The van der Waals surface area contributed by atoms with Gasteiger partial charge < -0.3 is 14.8 Å². The second-order valence-electron chi connectivity index (χ2n) is 4.57. The van der Waals surface area contributed by atoms with E-state index in [9.17, 15) is 0 Å². The number of hydrogen-bond acceptors (Lipinski definition) is 3. The maximum absolute atomic E-state index is 5.81. The molecular weight excluding hydrogens is 286 g/mol. The normalized spacial score (nSPS) is 10.3. The third kappa shape index (κ3) is 6.52. The zero-order chi connectivity index (χ0) is 14.8. The van der Waals surface area contributed by atoms with Crippen molar-refractivity contribution in [1.29, 1.82) is 0 Å². The van der Waals surface area contributed by atoms with Crippen LogP contribution in [-0.2, 0) is 0 Å². The first-order valence-electron chi connectivity index (χ1n) is 7.11. The summed E-state index contributed by atoms with van der Waals surface area (Å²) in [5.74, 6) is 1.76. The molecule has 1 N–H and O–H groups in total. The highest BCUT2D eigenvalue weighted by molar-refractivity contribution is 6.30. The average Bonchev–Trinajstić information content (AvgIpc) is 2.53. The van der Waals surface area contributed by atoms with Crippen molar-refractivity contribution in [2.45, 2.75) is 6.42 Å². The summed E-state index contributed by atoms with van der Waals surface area (Å²) < 4.78 is 11.2. The fraction of sp³-hybridized carbons (Fsp3) is 0.294. The van der Waals surface area contributed by atoms with Gasteiger partial charge in [0.1, 0.15) is 18.1 Å². The lowest BCUT2D eigenvalue weighted by atomic mass is 10.3. The Hall–Kier alpha value is -1.71. The highest BCUT2D eigenvalue weighted by Crippen LogP contribution is 2.15. The van der Waals surface area contributed by atoms with E-state index in [0.29, 0.717) is 6.61 Å². The fourth-order valence-corrected chi connectivity index (χ4v) is 1.93. The van der Waals surface area contributed by atoms with Crippen LogP contribution in [0.2, 0.25) is 5.02 Å². The van der Waals surface area contributed by atoms with Crippen LogP contribution in [-0.4, -0.2) is 26.3 Å². The van der Waals surface area contributed by atoms with E-state index in [1.54, 1.807) is 0 Å². The molecule has 3 nitrogen and oxygen atoms in total. The average molecular weight is 306 g/mol. The third-order valence-corrected chi connectivity index (χ3v) is 3.12. The van der Waals surface area contributed by atoms with Gasteiger partial charge in [-0.1, -0.05) is 29.8 Å². The van der Waals surface area contributed by atoms with Gasteiger partial charge in [0.15, 0.2) is 0 Å². The van der Waals surface area contributed by atoms with Crippen molar-refractivity contribution in [3.8, 4) is 11.5 Å². The minimum Gasteiger partial charge on any atom is -0.494 e.